The van der Waals surface area contributed by atoms with Gasteiger partial charge < -0.3 is 5.73 Å². The van der Waals surface area contributed by atoms with E-state index in [1.54, 1.807) is 55.5 Å². The number of carbonyl (C=O) groups excluding carboxylic acids is 3. The number of hydrogen-bond acceptors (Lipinski definition) is 4. The monoisotopic (exact) mass is 439 g/mol. The van der Waals surface area contributed by atoms with Crippen molar-refractivity contribution in [3.63, 3.8) is 0 Å². The lowest BCUT2D eigenvalue weighted by Gasteiger charge is -2.17. The fraction of sp³-hybridized carbons (Fsp3) is 0.0909. The minimum atomic E-state index is -0.659. The normalized spacial score (nSPS) is 13.0. The second-order valence-corrected chi connectivity index (χ2v) is 7.70. The summed E-state index contributed by atoms with van der Waals surface area (Å²) in [5, 5.41) is 0.781. The smallest absolute Gasteiger partial charge is 0.261 e. The maximum absolute atomic E-state index is 12.7. The van der Waals surface area contributed by atoms with E-state index in [2.05, 4.69) is 4.98 Å². The summed E-state index contributed by atoms with van der Waals surface area (Å²) >= 11 is 12.3. The number of imide groups is 1. The molecular weight excluding hydrogens is 425 g/mol. The average molecular weight is 440 g/mol. The maximum atomic E-state index is 12.7. The van der Waals surface area contributed by atoms with E-state index >= 15 is 0 Å². The number of benzene rings is 2. The summed E-state index contributed by atoms with van der Waals surface area (Å²) in [5.41, 5.74) is 8.31. The number of rotatable bonds is 4. The zero-order valence-corrected chi connectivity index (χ0v) is 17.3. The van der Waals surface area contributed by atoms with Crippen LogP contribution >= 0.6 is 23.2 Å². The first-order valence-electron chi connectivity index (χ1n) is 8.99. The van der Waals surface area contributed by atoms with Gasteiger partial charge in [-0.05, 0) is 42.8 Å². The van der Waals surface area contributed by atoms with Gasteiger partial charge in [-0.1, -0.05) is 41.4 Å². The van der Waals surface area contributed by atoms with Crippen LogP contribution in [0.3, 0.4) is 0 Å². The molecule has 2 N–H and O–H groups in total. The number of aryl methyl sites for hydroxylation is 1. The van der Waals surface area contributed by atoms with Gasteiger partial charge >= 0.3 is 0 Å². The quantitative estimate of drug-likeness (QED) is 0.614. The van der Waals surface area contributed by atoms with Crippen molar-refractivity contribution >= 4 is 40.9 Å². The summed E-state index contributed by atoms with van der Waals surface area (Å²) in [4.78, 5) is 43.0. The topological polar surface area (TPSA) is 93.4 Å². The van der Waals surface area contributed by atoms with Crippen LogP contribution in [0.4, 0.5) is 0 Å². The molecule has 8 heteroatoms. The van der Waals surface area contributed by atoms with E-state index in [1.165, 1.54) is 0 Å². The van der Waals surface area contributed by atoms with Crippen molar-refractivity contribution in [2.24, 2.45) is 5.73 Å². The third-order valence-corrected chi connectivity index (χ3v) is 5.47. The van der Waals surface area contributed by atoms with Crippen LogP contribution in [0.5, 0.6) is 0 Å². The summed E-state index contributed by atoms with van der Waals surface area (Å²) in [6, 6.07) is 13.1. The highest BCUT2D eigenvalue weighted by Gasteiger charge is 2.35. The Morgan fingerprint density at radius 3 is 2.17 bits per heavy atom. The van der Waals surface area contributed by atoms with Gasteiger partial charge in [0.15, 0.2) is 0 Å². The molecule has 0 unspecified atom stereocenters. The second-order valence-electron chi connectivity index (χ2n) is 6.85. The van der Waals surface area contributed by atoms with Gasteiger partial charge in [0.1, 0.15) is 0 Å². The summed E-state index contributed by atoms with van der Waals surface area (Å²) in [5.74, 6) is -1.44. The van der Waals surface area contributed by atoms with Crippen LogP contribution in [0.1, 0.15) is 42.5 Å². The molecule has 4 rings (SSSR count). The molecule has 1 aromatic heterocycles. The number of carbonyl (C=O) groups is 3. The number of fused-ring (bicyclic) bond motifs is 1. The van der Waals surface area contributed by atoms with E-state index in [0.29, 0.717) is 43.7 Å². The average Bonchev–Trinajstić information content (AvgIpc) is 2.92. The van der Waals surface area contributed by atoms with E-state index in [9.17, 15) is 14.4 Å². The fourth-order valence-corrected chi connectivity index (χ4v) is 4.10. The van der Waals surface area contributed by atoms with Gasteiger partial charge in [-0.2, -0.15) is 0 Å². The Kier molecular flexibility index (Phi) is 5.05. The summed E-state index contributed by atoms with van der Waals surface area (Å²) < 4.78 is 0. The second kappa shape index (κ2) is 7.55. The molecule has 30 heavy (non-hydrogen) atoms. The standard InChI is InChI=1S/C22H15Cl2N3O3/c1-11-19(20(25)28)17(14-7-6-12(23)8-18(14)24)9-13(26-11)10-27-21(29)15-4-2-3-5-16(15)22(27)30/h2-9H,10H2,1H3,(H2,25,28). The lowest BCUT2D eigenvalue weighted by Crippen LogP contribution is -2.30. The van der Waals surface area contributed by atoms with Gasteiger partial charge in [-0.25, -0.2) is 0 Å². The molecule has 150 valence electrons. The lowest BCUT2D eigenvalue weighted by atomic mass is 9.97. The van der Waals surface area contributed by atoms with Crippen molar-refractivity contribution < 1.29 is 14.4 Å². The number of hydrogen-bond donors (Lipinski definition) is 1. The minimum absolute atomic E-state index is 0.0512. The summed E-state index contributed by atoms with van der Waals surface area (Å²) in [7, 11) is 0. The largest absolute Gasteiger partial charge is 0.366 e. The Hall–Kier alpha value is -3.22. The third-order valence-electron chi connectivity index (χ3n) is 4.92. The minimum Gasteiger partial charge on any atom is -0.366 e. The Labute approximate surface area is 182 Å². The Morgan fingerprint density at radius 2 is 1.60 bits per heavy atom. The van der Waals surface area contributed by atoms with Crippen LogP contribution in [-0.2, 0) is 6.54 Å². The molecule has 0 saturated carbocycles. The number of nitrogens with zero attached hydrogens (tertiary/aromatic N) is 2. The van der Waals surface area contributed by atoms with Crippen molar-refractivity contribution in [3.05, 3.63) is 86.7 Å². The molecule has 0 aliphatic carbocycles. The van der Waals surface area contributed by atoms with Gasteiger partial charge in [-0.15, -0.1) is 0 Å². The predicted octanol–water partition coefficient (Wildman–Crippen LogP) is 4.26. The number of amides is 3. The first-order chi connectivity index (χ1) is 14.3. The molecule has 2 heterocycles. The van der Waals surface area contributed by atoms with Crippen molar-refractivity contribution in [2.75, 3.05) is 0 Å². The van der Waals surface area contributed by atoms with Crippen molar-refractivity contribution in [3.8, 4) is 11.1 Å². The van der Waals surface area contributed by atoms with Gasteiger partial charge in [0.25, 0.3) is 17.7 Å². The summed E-state index contributed by atoms with van der Waals surface area (Å²) in [6.07, 6.45) is 0. The highest BCUT2D eigenvalue weighted by Crippen LogP contribution is 2.34. The molecule has 0 bridgehead atoms. The number of aromatic nitrogens is 1. The zero-order chi connectivity index (χ0) is 21.6. The van der Waals surface area contributed by atoms with Gasteiger partial charge in [-0.3, -0.25) is 24.3 Å². The maximum Gasteiger partial charge on any atom is 0.261 e. The fourth-order valence-electron chi connectivity index (χ4n) is 3.59. The van der Waals surface area contributed by atoms with Crippen molar-refractivity contribution in [1.82, 2.24) is 9.88 Å². The number of primary amides is 1. The number of pyridine rings is 1. The molecular formula is C22H15Cl2N3O3. The number of halogens is 2. The Bertz CT molecular complexity index is 1210. The van der Waals surface area contributed by atoms with E-state index in [0.717, 1.165) is 4.90 Å². The molecule has 0 spiro atoms. The Morgan fingerprint density at radius 1 is 0.967 bits per heavy atom. The number of nitrogens with two attached hydrogens (primary N) is 1. The van der Waals surface area contributed by atoms with Crippen LogP contribution in [0, 0.1) is 6.92 Å². The molecule has 3 aromatic rings. The molecule has 0 atom stereocenters. The lowest BCUT2D eigenvalue weighted by molar-refractivity contribution is 0.0639. The van der Waals surface area contributed by atoms with Crippen LogP contribution in [0.15, 0.2) is 48.5 Å². The SMILES string of the molecule is Cc1nc(CN2C(=O)c3ccccc3C2=O)cc(-c2ccc(Cl)cc2Cl)c1C(N)=O. The molecule has 1 aliphatic rings. The van der Waals surface area contributed by atoms with Crippen LogP contribution in [0.2, 0.25) is 10.0 Å². The zero-order valence-electron chi connectivity index (χ0n) is 15.8. The molecule has 0 fully saturated rings. The third kappa shape index (κ3) is 3.34. The molecule has 2 aromatic carbocycles. The van der Waals surface area contributed by atoms with E-state index < -0.39 is 5.91 Å². The van der Waals surface area contributed by atoms with E-state index in [1.807, 2.05) is 0 Å². The van der Waals surface area contributed by atoms with E-state index in [-0.39, 0.29) is 23.9 Å². The van der Waals surface area contributed by atoms with Crippen LogP contribution in [-0.4, -0.2) is 27.6 Å². The molecule has 0 radical (unpaired) electrons. The van der Waals surface area contributed by atoms with Crippen LogP contribution < -0.4 is 5.73 Å². The van der Waals surface area contributed by atoms with E-state index in [4.69, 9.17) is 28.9 Å². The van der Waals surface area contributed by atoms with Crippen molar-refractivity contribution in [2.45, 2.75) is 13.5 Å². The predicted molar refractivity (Wildman–Crippen MR) is 114 cm³/mol. The molecule has 1 aliphatic heterocycles. The first-order valence-corrected chi connectivity index (χ1v) is 9.74. The summed E-state index contributed by atoms with van der Waals surface area (Å²) in [6.45, 7) is 1.59. The van der Waals surface area contributed by atoms with Gasteiger partial charge in [0.05, 0.1) is 34.6 Å². The molecule has 6 nitrogen and oxygen atoms in total. The molecule has 0 saturated heterocycles. The van der Waals surface area contributed by atoms with Gasteiger partial charge in [0.2, 0.25) is 0 Å². The first kappa shape index (κ1) is 20.1. The highest BCUT2D eigenvalue weighted by molar-refractivity contribution is 6.36. The van der Waals surface area contributed by atoms with Gasteiger partial charge in [0, 0.05) is 15.6 Å². The van der Waals surface area contributed by atoms with Crippen LogP contribution in [0.25, 0.3) is 11.1 Å². The highest BCUT2D eigenvalue weighted by atomic mass is 35.5. The molecule has 3 amide bonds. The van der Waals surface area contributed by atoms with Crippen molar-refractivity contribution in [1.29, 1.82) is 0 Å². The Balaban J connectivity index is 1.79.